The number of alkyl halides is 3. The Morgan fingerprint density at radius 2 is 1.74 bits per heavy atom. The number of nitriles is 1. The highest BCUT2D eigenvalue weighted by Gasteiger charge is 2.63. The molecule has 5 nitrogen and oxygen atoms in total. The van der Waals surface area contributed by atoms with Crippen LogP contribution in [0.4, 0.5) is 13.2 Å². The minimum Gasteiger partial charge on any atom is -0.456 e. The van der Waals surface area contributed by atoms with Crippen molar-refractivity contribution in [2.75, 3.05) is 6.61 Å². The number of esters is 1. The van der Waals surface area contributed by atoms with Gasteiger partial charge in [-0.25, -0.2) is 0 Å². The Morgan fingerprint density at radius 1 is 1.14 bits per heavy atom. The molecule has 0 aromatic heterocycles. The van der Waals surface area contributed by atoms with Crippen molar-refractivity contribution in [3.8, 4) is 6.07 Å². The van der Waals surface area contributed by atoms with Gasteiger partial charge in [-0.2, -0.15) is 18.4 Å². The third-order valence-corrected chi connectivity index (χ3v) is 12.6. The summed E-state index contributed by atoms with van der Waals surface area (Å²) in [6.07, 6.45) is 1.63. The minimum absolute atomic E-state index is 0.0125. The van der Waals surface area contributed by atoms with E-state index in [2.05, 4.69) is 47.6 Å². The summed E-state index contributed by atoms with van der Waals surface area (Å²) < 4.78 is 44.3. The summed E-state index contributed by atoms with van der Waals surface area (Å²) in [5, 5.41) is 20.7. The standard InChI is InChI=1S/C35H54F3NO4/c1-22-18-29(3,4)13-15-34(22,28(42)43-21-35(36,37)38)16-14-30(5,6)33(10)12-11-25-31(7,8)27(41)24(20-39)19-32(25,9)26(33)17-23(2)40/h19,22-23,25-26,40H,11-18,21H2,1-10H3/t22?,23-,25-,26+,32-,33+,34-/m0/s1. The van der Waals surface area contributed by atoms with E-state index in [1.807, 2.05) is 26.8 Å². The van der Waals surface area contributed by atoms with Gasteiger partial charge in [-0.3, -0.25) is 9.59 Å². The number of carbonyl (C=O) groups is 2. The highest BCUT2D eigenvalue weighted by atomic mass is 19.4. The van der Waals surface area contributed by atoms with Gasteiger partial charge in [-0.05, 0) is 97.7 Å². The van der Waals surface area contributed by atoms with Gasteiger partial charge >= 0.3 is 12.1 Å². The first kappa shape index (κ1) is 35.6. The fraction of sp³-hybridized carbons (Fsp3) is 0.857. The molecule has 0 aliphatic heterocycles. The van der Waals surface area contributed by atoms with Crippen LogP contribution in [0, 0.1) is 61.6 Å². The number of carbonyl (C=O) groups excluding carboxylic acids is 2. The molecule has 0 aromatic rings. The van der Waals surface area contributed by atoms with Crippen LogP contribution in [0.5, 0.6) is 0 Å². The van der Waals surface area contributed by atoms with Crippen molar-refractivity contribution in [1.29, 1.82) is 5.26 Å². The van der Waals surface area contributed by atoms with E-state index in [-0.39, 0.29) is 39.9 Å². The van der Waals surface area contributed by atoms with Crippen LogP contribution in [0.1, 0.15) is 121 Å². The molecule has 0 saturated heterocycles. The smallest absolute Gasteiger partial charge is 0.422 e. The van der Waals surface area contributed by atoms with Gasteiger partial charge in [0.1, 0.15) is 6.07 Å². The zero-order valence-corrected chi connectivity index (χ0v) is 28.0. The molecule has 2 saturated carbocycles. The number of aliphatic hydroxyl groups is 1. The third-order valence-electron chi connectivity index (χ3n) is 12.6. The maximum Gasteiger partial charge on any atom is 0.422 e. The van der Waals surface area contributed by atoms with Gasteiger partial charge in [-0.15, -0.1) is 0 Å². The Morgan fingerprint density at radius 3 is 2.26 bits per heavy atom. The molecule has 1 N–H and O–H groups in total. The average molecular weight is 610 g/mol. The quantitative estimate of drug-likeness (QED) is 0.279. The van der Waals surface area contributed by atoms with Gasteiger partial charge in [0.25, 0.3) is 0 Å². The molecule has 0 amide bonds. The van der Waals surface area contributed by atoms with Crippen LogP contribution < -0.4 is 0 Å². The number of ketones is 1. The summed E-state index contributed by atoms with van der Waals surface area (Å²) in [5.74, 6) is -1.13. The minimum atomic E-state index is -4.59. The second-order valence-electron chi connectivity index (χ2n) is 16.7. The number of hydrogen-bond acceptors (Lipinski definition) is 5. The summed E-state index contributed by atoms with van der Waals surface area (Å²) in [6.45, 7) is 19.0. The number of halogens is 3. The van der Waals surface area contributed by atoms with E-state index in [1.54, 1.807) is 6.92 Å². The molecule has 3 rings (SSSR count). The molecule has 2 fully saturated rings. The van der Waals surface area contributed by atoms with E-state index in [9.17, 15) is 33.1 Å². The number of rotatable bonds is 8. The van der Waals surface area contributed by atoms with Gasteiger partial charge < -0.3 is 9.84 Å². The topological polar surface area (TPSA) is 87.4 Å². The molecule has 0 radical (unpaired) electrons. The van der Waals surface area contributed by atoms with Gasteiger partial charge in [0.15, 0.2) is 12.4 Å². The Kier molecular flexibility index (Phi) is 9.51. The molecular formula is C35H54F3NO4. The first-order chi connectivity index (χ1) is 19.4. The fourth-order valence-corrected chi connectivity index (χ4v) is 9.65. The lowest BCUT2D eigenvalue weighted by Crippen LogP contribution is -2.60. The van der Waals surface area contributed by atoms with Gasteiger partial charge in [0.05, 0.1) is 17.1 Å². The predicted octanol–water partition coefficient (Wildman–Crippen LogP) is 8.60. The highest BCUT2D eigenvalue weighted by molar-refractivity contribution is 6.04. The lowest BCUT2D eigenvalue weighted by molar-refractivity contribution is -0.200. The zero-order chi connectivity index (χ0) is 33.0. The van der Waals surface area contributed by atoms with E-state index in [4.69, 9.17) is 4.74 Å². The van der Waals surface area contributed by atoms with Crippen molar-refractivity contribution >= 4 is 11.8 Å². The summed E-state index contributed by atoms with van der Waals surface area (Å²) in [7, 11) is 0. The molecule has 0 heterocycles. The molecule has 244 valence electrons. The van der Waals surface area contributed by atoms with Crippen LogP contribution in [0.2, 0.25) is 0 Å². The lowest BCUT2D eigenvalue weighted by atomic mass is 9.39. The Balaban J connectivity index is 2.03. The second-order valence-corrected chi connectivity index (χ2v) is 16.7. The van der Waals surface area contributed by atoms with Crippen molar-refractivity contribution in [3.05, 3.63) is 11.6 Å². The summed E-state index contributed by atoms with van der Waals surface area (Å²) >= 11 is 0. The van der Waals surface area contributed by atoms with Crippen LogP contribution in [0.3, 0.4) is 0 Å². The van der Waals surface area contributed by atoms with Crippen LogP contribution in [-0.4, -0.2) is 35.7 Å². The predicted molar refractivity (Wildman–Crippen MR) is 160 cm³/mol. The molecule has 0 aromatic carbocycles. The maximum atomic E-state index is 13.6. The average Bonchev–Trinajstić information content (AvgIpc) is 2.86. The highest BCUT2D eigenvalue weighted by Crippen LogP contribution is 2.68. The van der Waals surface area contributed by atoms with Crippen LogP contribution in [-0.2, 0) is 14.3 Å². The number of ether oxygens (including phenoxy) is 1. The zero-order valence-electron chi connectivity index (χ0n) is 28.0. The van der Waals surface area contributed by atoms with E-state index >= 15 is 0 Å². The normalized spacial score (nSPS) is 36.6. The van der Waals surface area contributed by atoms with Crippen molar-refractivity contribution in [1.82, 2.24) is 0 Å². The van der Waals surface area contributed by atoms with E-state index in [0.29, 0.717) is 25.7 Å². The van der Waals surface area contributed by atoms with Gasteiger partial charge in [0, 0.05) is 5.41 Å². The summed E-state index contributed by atoms with van der Waals surface area (Å²) in [5.41, 5.74) is -2.87. The van der Waals surface area contributed by atoms with E-state index in [1.165, 1.54) is 0 Å². The van der Waals surface area contributed by atoms with E-state index < -0.39 is 46.5 Å². The van der Waals surface area contributed by atoms with Gasteiger partial charge in [-0.1, -0.05) is 68.4 Å². The Labute approximate surface area is 257 Å². The largest absolute Gasteiger partial charge is 0.456 e. The van der Waals surface area contributed by atoms with Crippen LogP contribution in [0.15, 0.2) is 11.6 Å². The molecule has 0 spiro atoms. The molecular weight excluding hydrogens is 555 g/mol. The number of allylic oxidation sites excluding steroid dienone is 2. The number of Topliss-reactive ketones (excluding diaryl/α,β-unsaturated/α-hetero) is 1. The number of aliphatic hydroxyl groups excluding tert-OH is 1. The first-order valence-electron chi connectivity index (χ1n) is 16.0. The molecule has 43 heavy (non-hydrogen) atoms. The summed E-state index contributed by atoms with van der Waals surface area (Å²) in [4.78, 5) is 26.8. The SMILES string of the molecule is CC1CC(C)(C)CC[C@@]1(CCC(C)(C)[C@]1(C)CC[C@H]2C(C)(C)C(=O)C(C#N)=C[C@]2(C)[C@H]1C[C@H](C)O)C(=O)OCC(F)(F)F. The Hall–Kier alpha value is -1.88. The molecule has 0 bridgehead atoms. The monoisotopic (exact) mass is 609 g/mol. The number of fused-ring (bicyclic) bond motifs is 1. The van der Waals surface area contributed by atoms with Crippen molar-refractivity contribution in [3.63, 3.8) is 0 Å². The maximum absolute atomic E-state index is 13.6. The second kappa shape index (κ2) is 11.5. The van der Waals surface area contributed by atoms with E-state index in [0.717, 1.165) is 25.7 Å². The molecule has 8 heteroatoms. The van der Waals surface area contributed by atoms with Crippen LogP contribution >= 0.6 is 0 Å². The van der Waals surface area contributed by atoms with Crippen LogP contribution in [0.25, 0.3) is 0 Å². The van der Waals surface area contributed by atoms with Crippen molar-refractivity contribution < 1.29 is 32.6 Å². The number of nitrogens with zero attached hydrogens (tertiary/aromatic N) is 1. The molecule has 3 aliphatic rings. The number of hydrogen-bond donors (Lipinski definition) is 1. The first-order valence-corrected chi connectivity index (χ1v) is 16.0. The molecule has 7 atom stereocenters. The van der Waals surface area contributed by atoms with Gasteiger partial charge in [0.2, 0.25) is 0 Å². The fourth-order valence-electron chi connectivity index (χ4n) is 9.65. The summed E-state index contributed by atoms with van der Waals surface area (Å²) in [6, 6.07) is 2.14. The Bertz CT molecular complexity index is 1160. The van der Waals surface area contributed by atoms with Crippen molar-refractivity contribution in [2.24, 2.45) is 50.2 Å². The molecule has 3 aliphatic carbocycles. The lowest BCUT2D eigenvalue weighted by Gasteiger charge is -2.64. The molecule has 1 unspecified atom stereocenters. The van der Waals surface area contributed by atoms with Crippen molar-refractivity contribution in [2.45, 2.75) is 133 Å². The third kappa shape index (κ3) is 6.44.